The molecule has 1 fully saturated rings. The summed E-state index contributed by atoms with van der Waals surface area (Å²) >= 11 is 0. The van der Waals surface area contributed by atoms with Crippen LogP contribution in [0.2, 0.25) is 0 Å². The fourth-order valence-electron chi connectivity index (χ4n) is 1.95. The Morgan fingerprint density at radius 3 is 2.50 bits per heavy atom. The van der Waals surface area contributed by atoms with E-state index in [2.05, 4.69) is 38.1 Å². The molecule has 1 aromatic carbocycles. The lowest BCUT2D eigenvalue weighted by Gasteiger charge is -2.25. The second-order valence-corrected chi connectivity index (χ2v) is 4.90. The molecule has 1 N–H and O–H groups in total. The average molecular weight is 190 g/mol. The molecule has 1 heteroatoms. The number of aliphatic hydroxyl groups excluding tert-OH is 1. The van der Waals surface area contributed by atoms with Crippen LogP contribution in [0.3, 0.4) is 0 Å². The molecular formula is C13H18O. The van der Waals surface area contributed by atoms with Crippen LogP contribution in [0.15, 0.2) is 24.3 Å². The Hall–Kier alpha value is -0.820. The van der Waals surface area contributed by atoms with E-state index in [1.165, 1.54) is 24.0 Å². The van der Waals surface area contributed by atoms with Gasteiger partial charge in [-0.15, -0.1) is 0 Å². The minimum Gasteiger partial charge on any atom is -0.395 e. The molecule has 2 rings (SSSR count). The largest absolute Gasteiger partial charge is 0.395 e. The van der Waals surface area contributed by atoms with Gasteiger partial charge in [-0.1, -0.05) is 38.1 Å². The molecule has 14 heavy (non-hydrogen) atoms. The van der Waals surface area contributed by atoms with E-state index >= 15 is 0 Å². The van der Waals surface area contributed by atoms with Gasteiger partial charge in [-0.05, 0) is 29.9 Å². The quantitative estimate of drug-likeness (QED) is 0.777. The average Bonchev–Trinajstić information content (AvgIpc) is 3.01. The first-order valence-electron chi connectivity index (χ1n) is 5.35. The monoisotopic (exact) mass is 190 g/mol. The Bertz CT molecular complexity index is 324. The van der Waals surface area contributed by atoms with Gasteiger partial charge in [-0.3, -0.25) is 0 Å². The molecule has 1 aromatic rings. The van der Waals surface area contributed by atoms with Gasteiger partial charge in [-0.25, -0.2) is 0 Å². The van der Waals surface area contributed by atoms with E-state index in [0.29, 0.717) is 0 Å². The Labute approximate surface area is 85.8 Å². The molecule has 1 saturated carbocycles. The van der Waals surface area contributed by atoms with Crippen molar-refractivity contribution in [1.82, 2.24) is 0 Å². The number of rotatable bonds is 3. The van der Waals surface area contributed by atoms with Crippen LogP contribution in [-0.4, -0.2) is 11.7 Å². The van der Waals surface area contributed by atoms with Crippen LogP contribution in [0, 0.1) is 0 Å². The van der Waals surface area contributed by atoms with Gasteiger partial charge < -0.3 is 5.11 Å². The molecule has 0 radical (unpaired) electrons. The van der Waals surface area contributed by atoms with Crippen molar-refractivity contribution in [3.63, 3.8) is 0 Å². The molecule has 0 atom stereocenters. The molecule has 1 aliphatic rings. The van der Waals surface area contributed by atoms with Crippen molar-refractivity contribution in [3.05, 3.63) is 35.4 Å². The highest BCUT2D eigenvalue weighted by Crippen LogP contribution is 2.44. The van der Waals surface area contributed by atoms with Crippen molar-refractivity contribution < 1.29 is 5.11 Å². The third-order valence-electron chi connectivity index (χ3n) is 3.10. The van der Waals surface area contributed by atoms with Crippen LogP contribution in [0.1, 0.15) is 43.7 Å². The lowest BCUT2D eigenvalue weighted by atomic mass is 9.81. The first-order valence-corrected chi connectivity index (χ1v) is 5.35. The molecule has 0 aromatic heterocycles. The maximum Gasteiger partial charge on any atom is 0.0522 e. The molecule has 0 amide bonds. The van der Waals surface area contributed by atoms with E-state index in [9.17, 15) is 5.11 Å². The summed E-state index contributed by atoms with van der Waals surface area (Å²) in [6.45, 7) is 4.43. The second kappa shape index (κ2) is 3.39. The third kappa shape index (κ3) is 1.69. The van der Waals surface area contributed by atoms with E-state index < -0.39 is 0 Å². The topological polar surface area (TPSA) is 20.2 Å². The van der Waals surface area contributed by atoms with E-state index in [1.807, 2.05) is 0 Å². The molecule has 0 saturated heterocycles. The van der Waals surface area contributed by atoms with E-state index in [1.54, 1.807) is 0 Å². The van der Waals surface area contributed by atoms with Crippen molar-refractivity contribution in [3.8, 4) is 0 Å². The predicted molar refractivity (Wildman–Crippen MR) is 58.5 cm³/mol. The Morgan fingerprint density at radius 2 is 1.93 bits per heavy atom. The van der Waals surface area contributed by atoms with E-state index in [4.69, 9.17) is 0 Å². The molecule has 1 nitrogen and oxygen atoms in total. The fraction of sp³-hybridized carbons (Fsp3) is 0.538. The van der Waals surface area contributed by atoms with Crippen LogP contribution in [-0.2, 0) is 5.41 Å². The van der Waals surface area contributed by atoms with Gasteiger partial charge >= 0.3 is 0 Å². The molecule has 0 heterocycles. The van der Waals surface area contributed by atoms with Crippen molar-refractivity contribution in [1.29, 1.82) is 0 Å². The fourth-order valence-corrected chi connectivity index (χ4v) is 1.95. The lowest BCUT2D eigenvalue weighted by Crippen LogP contribution is -2.23. The predicted octanol–water partition coefficient (Wildman–Crippen LogP) is 2.83. The molecule has 0 unspecified atom stereocenters. The molecule has 0 spiro atoms. The zero-order chi connectivity index (χ0) is 10.2. The van der Waals surface area contributed by atoms with Gasteiger partial charge in [0.15, 0.2) is 0 Å². The van der Waals surface area contributed by atoms with Gasteiger partial charge in [0.25, 0.3) is 0 Å². The molecule has 0 aliphatic heterocycles. The zero-order valence-electron chi connectivity index (χ0n) is 8.96. The Balaban J connectivity index is 2.40. The third-order valence-corrected chi connectivity index (χ3v) is 3.10. The van der Waals surface area contributed by atoms with Gasteiger partial charge in [0.2, 0.25) is 0 Å². The van der Waals surface area contributed by atoms with Crippen LogP contribution >= 0.6 is 0 Å². The summed E-state index contributed by atoms with van der Waals surface area (Å²) in [4.78, 5) is 0. The normalized spacial score (nSPS) is 17.1. The summed E-state index contributed by atoms with van der Waals surface area (Å²) in [5.74, 6) is 0.761. The van der Waals surface area contributed by atoms with Gasteiger partial charge in [0.05, 0.1) is 6.61 Å². The highest BCUT2D eigenvalue weighted by molar-refractivity contribution is 5.38. The molecule has 1 aliphatic carbocycles. The Kier molecular flexibility index (Phi) is 2.36. The van der Waals surface area contributed by atoms with Gasteiger partial charge in [-0.2, -0.15) is 0 Å². The highest BCUT2D eigenvalue weighted by Gasteiger charge is 2.30. The van der Waals surface area contributed by atoms with Gasteiger partial charge in [0.1, 0.15) is 0 Å². The maximum absolute atomic E-state index is 9.37. The standard InChI is InChI=1S/C13H18O/c1-13(2,9-14)12-6-4-3-5-11(12)10-7-8-10/h3-6,10,14H,7-9H2,1-2H3. The van der Waals surface area contributed by atoms with E-state index in [-0.39, 0.29) is 12.0 Å². The van der Waals surface area contributed by atoms with Crippen LogP contribution in [0.5, 0.6) is 0 Å². The van der Waals surface area contributed by atoms with Crippen LogP contribution < -0.4 is 0 Å². The lowest BCUT2D eigenvalue weighted by molar-refractivity contribution is 0.217. The van der Waals surface area contributed by atoms with Crippen LogP contribution in [0.4, 0.5) is 0 Å². The Morgan fingerprint density at radius 1 is 1.29 bits per heavy atom. The van der Waals surface area contributed by atoms with Crippen molar-refractivity contribution in [2.45, 2.75) is 38.0 Å². The summed E-state index contributed by atoms with van der Waals surface area (Å²) < 4.78 is 0. The second-order valence-electron chi connectivity index (χ2n) is 4.90. The number of benzene rings is 1. The maximum atomic E-state index is 9.37. The van der Waals surface area contributed by atoms with Crippen molar-refractivity contribution >= 4 is 0 Å². The smallest absolute Gasteiger partial charge is 0.0522 e. The first kappa shape index (κ1) is 9.72. The number of hydrogen-bond donors (Lipinski definition) is 1. The minimum atomic E-state index is -0.0980. The van der Waals surface area contributed by atoms with Crippen LogP contribution in [0.25, 0.3) is 0 Å². The number of hydrogen-bond acceptors (Lipinski definition) is 1. The zero-order valence-corrected chi connectivity index (χ0v) is 8.96. The molecule has 76 valence electrons. The molecular weight excluding hydrogens is 172 g/mol. The summed E-state index contributed by atoms with van der Waals surface area (Å²) in [5.41, 5.74) is 2.68. The number of aliphatic hydroxyl groups is 1. The van der Waals surface area contributed by atoms with Crippen molar-refractivity contribution in [2.24, 2.45) is 0 Å². The SMILES string of the molecule is CC(C)(CO)c1ccccc1C1CC1. The summed E-state index contributed by atoms with van der Waals surface area (Å²) in [7, 11) is 0. The summed E-state index contributed by atoms with van der Waals surface area (Å²) in [6, 6.07) is 8.54. The minimum absolute atomic E-state index is 0.0980. The summed E-state index contributed by atoms with van der Waals surface area (Å²) in [6.07, 6.45) is 2.64. The molecule has 0 bridgehead atoms. The highest BCUT2D eigenvalue weighted by atomic mass is 16.3. The van der Waals surface area contributed by atoms with E-state index in [0.717, 1.165) is 5.92 Å². The van der Waals surface area contributed by atoms with Crippen molar-refractivity contribution in [2.75, 3.05) is 6.61 Å². The summed E-state index contributed by atoms with van der Waals surface area (Å²) in [5, 5.41) is 9.37. The first-order chi connectivity index (χ1) is 6.65. The van der Waals surface area contributed by atoms with Gasteiger partial charge in [0, 0.05) is 5.41 Å².